The number of ether oxygens (including phenoxy) is 1. The normalized spacial score (nSPS) is 41.4. The van der Waals surface area contributed by atoms with Gasteiger partial charge in [-0.05, 0) is 92.6 Å². The molecule has 1 aromatic carbocycles. The van der Waals surface area contributed by atoms with E-state index in [1.54, 1.807) is 11.1 Å². The fourth-order valence-corrected chi connectivity index (χ4v) is 7.84. The minimum atomic E-state index is -0.170. The second-order valence-corrected chi connectivity index (χ2v) is 10.7. The van der Waals surface area contributed by atoms with Crippen LogP contribution in [0.5, 0.6) is 0 Å². The van der Waals surface area contributed by atoms with Crippen molar-refractivity contribution in [1.82, 2.24) is 0 Å². The van der Waals surface area contributed by atoms with E-state index in [0.717, 1.165) is 37.0 Å². The van der Waals surface area contributed by atoms with E-state index in [0.29, 0.717) is 16.4 Å². The van der Waals surface area contributed by atoms with Crippen molar-refractivity contribution in [1.29, 1.82) is 0 Å². The maximum atomic E-state index is 12.6. The highest BCUT2D eigenvalue weighted by atomic mass is 16.5. The third-order valence-corrected chi connectivity index (χ3v) is 9.54. The van der Waals surface area contributed by atoms with Crippen LogP contribution in [-0.2, 0) is 4.74 Å². The van der Waals surface area contributed by atoms with Crippen LogP contribution in [0.25, 0.3) is 0 Å². The Balaban J connectivity index is 1.33. The van der Waals surface area contributed by atoms with Crippen LogP contribution < -0.4 is 0 Å². The third-order valence-electron chi connectivity index (χ3n) is 9.54. The molecule has 2 nitrogen and oxygen atoms in total. The first kappa shape index (κ1) is 20.1. The van der Waals surface area contributed by atoms with Gasteiger partial charge in [-0.25, -0.2) is 4.79 Å². The van der Waals surface area contributed by atoms with Gasteiger partial charge < -0.3 is 4.74 Å². The molecule has 0 bridgehead atoms. The molecule has 0 saturated heterocycles. The monoisotopic (exact) mass is 404 g/mol. The largest absolute Gasteiger partial charge is 0.458 e. The van der Waals surface area contributed by atoms with Gasteiger partial charge in [-0.15, -0.1) is 0 Å². The Bertz CT molecular complexity index is 881. The van der Waals surface area contributed by atoms with Gasteiger partial charge >= 0.3 is 5.97 Å². The molecule has 4 aliphatic rings. The molecular weight excluding hydrogens is 368 g/mol. The van der Waals surface area contributed by atoms with Crippen LogP contribution in [0, 0.1) is 28.6 Å². The summed E-state index contributed by atoms with van der Waals surface area (Å²) >= 11 is 0. The predicted octanol–water partition coefficient (Wildman–Crippen LogP) is 7.12. The van der Waals surface area contributed by atoms with Crippen LogP contribution in [0.2, 0.25) is 0 Å². The molecule has 3 saturated carbocycles. The van der Waals surface area contributed by atoms with Crippen molar-refractivity contribution in [2.45, 2.75) is 78.2 Å². The zero-order valence-corrected chi connectivity index (χ0v) is 18.8. The SMILES string of the molecule is CC=C1CC[C@H]2[C@@H]3CC=C4CC(OC(=O)c5ccccc5)CC[C@]4(C)[C@H]3CC[C@]12C. The molecule has 0 radical (unpaired) electrons. The topological polar surface area (TPSA) is 26.3 Å². The Morgan fingerprint density at radius 1 is 1.03 bits per heavy atom. The summed E-state index contributed by atoms with van der Waals surface area (Å²) in [5, 5.41) is 0. The van der Waals surface area contributed by atoms with Gasteiger partial charge in [-0.1, -0.05) is 55.3 Å². The Hall–Kier alpha value is -1.83. The van der Waals surface area contributed by atoms with Crippen LogP contribution in [0.15, 0.2) is 53.6 Å². The molecular formula is C28H36O2. The molecule has 4 aliphatic carbocycles. The van der Waals surface area contributed by atoms with Gasteiger partial charge in [0.05, 0.1) is 5.56 Å². The van der Waals surface area contributed by atoms with Crippen molar-refractivity contribution in [2.75, 3.05) is 0 Å². The predicted molar refractivity (Wildman–Crippen MR) is 121 cm³/mol. The fraction of sp³-hybridized carbons (Fsp3) is 0.607. The van der Waals surface area contributed by atoms with E-state index < -0.39 is 0 Å². The minimum absolute atomic E-state index is 0.0311. The van der Waals surface area contributed by atoms with Gasteiger partial charge in [0, 0.05) is 6.42 Å². The van der Waals surface area contributed by atoms with Crippen LogP contribution in [-0.4, -0.2) is 12.1 Å². The molecule has 0 heterocycles. The molecule has 30 heavy (non-hydrogen) atoms. The third kappa shape index (κ3) is 3.01. The number of benzene rings is 1. The lowest BCUT2D eigenvalue weighted by molar-refractivity contribution is -0.0330. The number of esters is 1. The molecule has 3 fully saturated rings. The number of carbonyl (C=O) groups excluding carboxylic acids is 1. The van der Waals surface area contributed by atoms with Gasteiger partial charge in [0.1, 0.15) is 6.10 Å². The van der Waals surface area contributed by atoms with E-state index in [9.17, 15) is 4.79 Å². The van der Waals surface area contributed by atoms with Crippen molar-refractivity contribution in [3.63, 3.8) is 0 Å². The molecule has 1 aromatic rings. The lowest BCUT2D eigenvalue weighted by atomic mass is 9.48. The highest BCUT2D eigenvalue weighted by Gasteiger charge is 2.57. The molecule has 0 aliphatic heterocycles. The molecule has 0 amide bonds. The first-order valence-electron chi connectivity index (χ1n) is 12.1. The van der Waals surface area contributed by atoms with Crippen LogP contribution >= 0.6 is 0 Å². The molecule has 0 aromatic heterocycles. The van der Waals surface area contributed by atoms with Gasteiger partial charge in [0.25, 0.3) is 0 Å². The van der Waals surface area contributed by atoms with E-state index >= 15 is 0 Å². The number of carbonyl (C=O) groups is 1. The van der Waals surface area contributed by atoms with Crippen molar-refractivity contribution in [3.8, 4) is 0 Å². The number of hydrogen-bond donors (Lipinski definition) is 0. The number of rotatable bonds is 2. The summed E-state index contributed by atoms with van der Waals surface area (Å²) in [6.45, 7) is 7.32. The van der Waals surface area contributed by atoms with E-state index in [1.165, 1.54) is 32.1 Å². The summed E-state index contributed by atoms with van der Waals surface area (Å²) in [5.74, 6) is 2.32. The molecule has 5 rings (SSSR count). The van der Waals surface area contributed by atoms with Crippen LogP contribution in [0.4, 0.5) is 0 Å². The second-order valence-electron chi connectivity index (χ2n) is 10.7. The van der Waals surface area contributed by atoms with Crippen molar-refractivity contribution in [2.24, 2.45) is 28.6 Å². The molecule has 0 spiro atoms. The minimum Gasteiger partial charge on any atom is -0.458 e. The molecule has 6 atom stereocenters. The van der Waals surface area contributed by atoms with E-state index in [1.807, 2.05) is 30.3 Å². The lowest BCUT2D eigenvalue weighted by Gasteiger charge is -2.57. The molecule has 1 unspecified atom stereocenters. The smallest absolute Gasteiger partial charge is 0.338 e. The summed E-state index contributed by atoms with van der Waals surface area (Å²) in [6.07, 6.45) is 14.7. The van der Waals surface area contributed by atoms with E-state index in [2.05, 4.69) is 32.9 Å². The summed E-state index contributed by atoms with van der Waals surface area (Å²) in [6, 6.07) is 9.43. The quantitative estimate of drug-likeness (QED) is 0.387. The van der Waals surface area contributed by atoms with Crippen LogP contribution in [0.1, 0.15) is 82.5 Å². The highest BCUT2D eigenvalue weighted by Crippen LogP contribution is 2.66. The Morgan fingerprint density at radius 2 is 1.77 bits per heavy atom. The van der Waals surface area contributed by atoms with Crippen molar-refractivity contribution in [3.05, 3.63) is 59.2 Å². The van der Waals surface area contributed by atoms with Gasteiger partial charge in [-0.2, -0.15) is 0 Å². The molecule has 160 valence electrons. The number of fused-ring (bicyclic) bond motifs is 5. The maximum absolute atomic E-state index is 12.6. The molecule has 0 N–H and O–H groups in total. The Morgan fingerprint density at radius 3 is 2.53 bits per heavy atom. The fourth-order valence-electron chi connectivity index (χ4n) is 7.84. The Labute approximate surface area is 181 Å². The lowest BCUT2D eigenvalue weighted by Crippen LogP contribution is -2.49. The average Bonchev–Trinajstić information content (AvgIpc) is 3.11. The van der Waals surface area contributed by atoms with Crippen LogP contribution in [0.3, 0.4) is 0 Å². The summed E-state index contributed by atoms with van der Waals surface area (Å²) in [4.78, 5) is 12.6. The standard InChI is InChI=1S/C28H36O2/c1-4-20-11-13-24-23-12-10-21-18-22(30-26(29)19-8-6-5-7-9-19)14-16-28(21,3)25(23)15-17-27(20,24)2/h4-10,22-25H,11-18H2,1-3H3/t22?,23-,24-,25-,27+,28-/m0/s1. The zero-order valence-electron chi connectivity index (χ0n) is 18.8. The van der Waals surface area contributed by atoms with Gasteiger partial charge in [-0.3, -0.25) is 0 Å². The van der Waals surface area contributed by atoms with Gasteiger partial charge in [0.2, 0.25) is 0 Å². The van der Waals surface area contributed by atoms with Crippen molar-refractivity contribution < 1.29 is 9.53 Å². The maximum Gasteiger partial charge on any atom is 0.338 e. The second kappa shape index (κ2) is 7.39. The summed E-state index contributed by atoms with van der Waals surface area (Å²) in [5.41, 5.74) is 4.71. The van der Waals surface area contributed by atoms with E-state index in [-0.39, 0.29) is 12.1 Å². The van der Waals surface area contributed by atoms with Gasteiger partial charge in [0.15, 0.2) is 0 Å². The molecule has 2 heteroatoms. The zero-order chi connectivity index (χ0) is 20.9. The number of allylic oxidation sites excluding steroid dienone is 3. The Kier molecular flexibility index (Phi) is 4.95. The summed E-state index contributed by atoms with van der Waals surface area (Å²) < 4.78 is 5.93. The first-order chi connectivity index (χ1) is 14.5. The van der Waals surface area contributed by atoms with Crippen molar-refractivity contribution >= 4 is 5.97 Å². The highest BCUT2D eigenvalue weighted by molar-refractivity contribution is 5.89. The average molecular weight is 405 g/mol. The van der Waals surface area contributed by atoms with E-state index in [4.69, 9.17) is 4.74 Å². The number of hydrogen-bond acceptors (Lipinski definition) is 2. The summed E-state index contributed by atoms with van der Waals surface area (Å²) in [7, 11) is 0. The first-order valence-corrected chi connectivity index (χ1v) is 12.1.